The van der Waals surface area contributed by atoms with Crippen LogP contribution in [0.5, 0.6) is 0 Å². The highest BCUT2D eigenvalue weighted by Crippen LogP contribution is 2.07. The van der Waals surface area contributed by atoms with Crippen LogP contribution < -0.4 is 10.9 Å². The van der Waals surface area contributed by atoms with Gasteiger partial charge in [0, 0.05) is 18.2 Å². The van der Waals surface area contributed by atoms with Crippen LogP contribution in [0.25, 0.3) is 0 Å². The van der Waals surface area contributed by atoms with E-state index in [1.165, 1.54) is 6.42 Å². The fourth-order valence-electron chi connectivity index (χ4n) is 0.850. The standard InChI is InChI=1S/C6H12N2/c1-3-6-4-5(2)7-8-6/h6-8H,2-4H2,1H3. The number of hydrogen-bond donors (Lipinski definition) is 2. The molecule has 1 aliphatic heterocycles. The van der Waals surface area contributed by atoms with Gasteiger partial charge in [-0.05, 0) is 6.42 Å². The first kappa shape index (κ1) is 5.63. The van der Waals surface area contributed by atoms with Crippen molar-refractivity contribution in [3.63, 3.8) is 0 Å². The third-order valence-electron chi connectivity index (χ3n) is 1.44. The van der Waals surface area contributed by atoms with E-state index in [2.05, 4.69) is 24.4 Å². The van der Waals surface area contributed by atoms with Crippen molar-refractivity contribution in [2.45, 2.75) is 25.8 Å². The van der Waals surface area contributed by atoms with Gasteiger partial charge in [-0.25, -0.2) is 5.43 Å². The third kappa shape index (κ3) is 1.01. The lowest BCUT2D eigenvalue weighted by Crippen LogP contribution is -2.28. The molecule has 1 rings (SSSR count). The number of hydrogen-bond acceptors (Lipinski definition) is 2. The Balaban J connectivity index is 2.32. The minimum atomic E-state index is 0.613. The number of rotatable bonds is 1. The van der Waals surface area contributed by atoms with Crippen molar-refractivity contribution in [1.82, 2.24) is 10.9 Å². The van der Waals surface area contributed by atoms with Crippen LogP contribution in [0.1, 0.15) is 19.8 Å². The van der Waals surface area contributed by atoms with Crippen molar-refractivity contribution in [2.75, 3.05) is 0 Å². The summed E-state index contributed by atoms with van der Waals surface area (Å²) in [6, 6.07) is 0.613. The highest BCUT2D eigenvalue weighted by atomic mass is 15.4. The molecule has 0 aromatic carbocycles. The van der Waals surface area contributed by atoms with Crippen molar-refractivity contribution in [3.05, 3.63) is 12.3 Å². The molecule has 46 valence electrons. The Morgan fingerprint density at radius 1 is 1.88 bits per heavy atom. The summed E-state index contributed by atoms with van der Waals surface area (Å²) >= 11 is 0. The van der Waals surface area contributed by atoms with Crippen molar-refractivity contribution in [2.24, 2.45) is 0 Å². The van der Waals surface area contributed by atoms with Gasteiger partial charge in [-0.3, -0.25) is 0 Å². The molecule has 0 aromatic rings. The molecule has 0 radical (unpaired) electrons. The van der Waals surface area contributed by atoms with Crippen LogP contribution >= 0.6 is 0 Å². The van der Waals surface area contributed by atoms with Gasteiger partial charge < -0.3 is 5.43 Å². The highest BCUT2D eigenvalue weighted by Gasteiger charge is 2.12. The molecule has 1 fully saturated rings. The molecule has 1 aliphatic rings. The smallest absolute Gasteiger partial charge is 0.0312 e. The monoisotopic (exact) mass is 112 g/mol. The van der Waals surface area contributed by atoms with E-state index in [0.29, 0.717) is 6.04 Å². The lowest BCUT2D eigenvalue weighted by Gasteiger charge is -2.00. The Kier molecular flexibility index (Phi) is 1.53. The van der Waals surface area contributed by atoms with Crippen molar-refractivity contribution in [3.8, 4) is 0 Å². The van der Waals surface area contributed by atoms with Crippen LogP contribution in [-0.4, -0.2) is 6.04 Å². The molecule has 0 spiro atoms. The van der Waals surface area contributed by atoms with E-state index in [4.69, 9.17) is 0 Å². The predicted octanol–water partition coefficient (Wildman–Crippen LogP) is 0.777. The third-order valence-corrected chi connectivity index (χ3v) is 1.44. The molecule has 8 heavy (non-hydrogen) atoms. The van der Waals surface area contributed by atoms with E-state index in [9.17, 15) is 0 Å². The zero-order valence-electron chi connectivity index (χ0n) is 5.20. The quantitative estimate of drug-likeness (QED) is 0.523. The fraction of sp³-hybridized carbons (Fsp3) is 0.667. The van der Waals surface area contributed by atoms with Gasteiger partial charge >= 0.3 is 0 Å². The topological polar surface area (TPSA) is 24.1 Å². The van der Waals surface area contributed by atoms with Crippen LogP contribution in [0.15, 0.2) is 12.3 Å². The summed E-state index contributed by atoms with van der Waals surface area (Å²) in [5, 5.41) is 0. The average Bonchev–Trinajstić information content (AvgIpc) is 2.14. The molecule has 0 bridgehead atoms. The Bertz CT molecular complexity index is 98.7. The van der Waals surface area contributed by atoms with E-state index >= 15 is 0 Å². The normalized spacial score (nSPS) is 28.1. The second-order valence-corrected chi connectivity index (χ2v) is 2.18. The zero-order valence-corrected chi connectivity index (χ0v) is 5.20. The van der Waals surface area contributed by atoms with Gasteiger partial charge in [-0.15, -0.1) is 0 Å². The molecular formula is C6H12N2. The van der Waals surface area contributed by atoms with Crippen molar-refractivity contribution < 1.29 is 0 Å². The summed E-state index contributed by atoms with van der Waals surface area (Å²) in [4.78, 5) is 0. The summed E-state index contributed by atoms with van der Waals surface area (Å²) < 4.78 is 0. The Hall–Kier alpha value is -0.500. The summed E-state index contributed by atoms with van der Waals surface area (Å²) in [5.41, 5.74) is 7.19. The minimum absolute atomic E-state index is 0.613. The van der Waals surface area contributed by atoms with Gasteiger partial charge in [0.05, 0.1) is 0 Å². The molecule has 1 unspecified atom stereocenters. The number of hydrazine groups is 1. The first-order valence-corrected chi connectivity index (χ1v) is 3.02. The Morgan fingerprint density at radius 3 is 2.88 bits per heavy atom. The predicted molar refractivity (Wildman–Crippen MR) is 34.1 cm³/mol. The van der Waals surface area contributed by atoms with Gasteiger partial charge in [0.2, 0.25) is 0 Å². The van der Waals surface area contributed by atoms with Gasteiger partial charge in [-0.1, -0.05) is 13.5 Å². The molecule has 0 amide bonds. The Morgan fingerprint density at radius 2 is 2.62 bits per heavy atom. The van der Waals surface area contributed by atoms with Crippen LogP contribution in [0.2, 0.25) is 0 Å². The molecular weight excluding hydrogens is 100 g/mol. The fourth-order valence-corrected chi connectivity index (χ4v) is 0.850. The van der Waals surface area contributed by atoms with Gasteiger partial charge in [0.25, 0.3) is 0 Å². The minimum Gasteiger partial charge on any atom is -0.326 e. The van der Waals surface area contributed by atoms with E-state index in [0.717, 1.165) is 12.1 Å². The lowest BCUT2D eigenvalue weighted by atomic mass is 10.2. The molecule has 2 N–H and O–H groups in total. The maximum atomic E-state index is 3.78. The Labute approximate surface area is 49.9 Å². The molecule has 1 heterocycles. The summed E-state index contributed by atoms with van der Waals surface area (Å²) in [7, 11) is 0. The summed E-state index contributed by atoms with van der Waals surface area (Å²) in [6.07, 6.45) is 2.25. The maximum absolute atomic E-state index is 3.78. The molecule has 2 nitrogen and oxygen atoms in total. The maximum Gasteiger partial charge on any atom is 0.0312 e. The average molecular weight is 112 g/mol. The van der Waals surface area contributed by atoms with Gasteiger partial charge in [0.1, 0.15) is 0 Å². The highest BCUT2D eigenvalue weighted by molar-refractivity contribution is 4.98. The molecule has 0 aromatic heterocycles. The second-order valence-electron chi connectivity index (χ2n) is 2.18. The van der Waals surface area contributed by atoms with E-state index in [1.807, 2.05) is 0 Å². The lowest BCUT2D eigenvalue weighted by molar-refractivity contribution is 0.543. The van der Waals surface area contributed by atoms with Crippen LogP contribution in [0, 0.1) is 0 Å². The zero-order chi connectivity index (χ0) is 5.98. The van der Waals surface area contributed by atoms with Crippen LogP contribution in [-0.2, 0) is 0 Å². The summed E-state index contributed by atoms with van der Waals surface area (Å²) in [5.74, 6) is 0. The van der Waals surface area contributed by atoms with Crippen LogP contribution in [0.4, 0.5) is 0 Å². The van der Waals surface area contributed by atoms with Crippen molar-refractivity contribution in [1.29, 1.82) is 0 Å². The molecule has 2 heteroatoms. The first-order chi connectivity index (χ1) is 3.83. The van der Waals surface area contributed by atoms with Crippen molar-refractivity contribution >= 4 is 0 Å². The van der Waals surface area contributed by atoms with Gasteiger partial charge in [-0.2, -0.15) is 0 Å². The van der Waals surface area contributed by atoms with Crippen LogP contribution in [0.3, 0.4) is 0 Å². The molecule has 0 aliphatic carbocycles. The number of nitrogens with one attached hydrogen (secondary N) is 2. The molecule has 1 saturated heterocycles. The molecule has 1 atom stereocenters. The summed E-state index contributed by atoms with van der Waals surface area (Å²) in [6.45, 7) is 5.94. The molecule has 0 saturated carbocycles. The van der Waals surface area contributed by atoms with Gasteiger partial charge in [0.15, 0.2) is 0 Å². The second kappa shape index (κ2) is 2.18. The largest absolute Gasteiger partial charge is 0.326 e. The van der Waals surface area contributed by atoms with E-state index in [-0.39, 0.29) is 0 Å². The van der Waals surface area contributed by atoms with E-state index < -0.39 is 0 Å². The SMILES string of the molecule is C=C1CC(CC)NN1. The first-order valence-electron chi connectivity index (χ1n) is 3.02. The van der Waals surface area contributed by atoms with E-state index in [1.54, 1.807) is 0 Å².